The van der Waals surface area contributed by atoms with Gasteiger partial charge >= 0.3 is 0 Å². The molecule has 0 N–H and O–H groups in total. The second kappa shape index (κ2) is 3.24. The van der Waals surface area contributed by atoms with E-state index < -0.39 is 0 Å². The van der Waals surface area contributed by atoms with Crippen LogP contribution in [-0.2, 0) is 19.9 Å². The first kappa shape index (κ1) is 9.46. The molecule has 0 aliphatic heterocycles. The fraction of sp³-hybridized carbons (Fsp3) is 0.400. The molecule has 3 nitrogen and oxygen atoms in total. The molecular weight excluding hydrogens is 198 g/mol. The molecule has 0 spiro atoms. The van der Waals surface area contributed by atoms with E-state index in [1.165, 1.54) is 29.5 Å². The Morgan fingerprint density at radius 3 is 3.07 bits per heavy atom. The zero-order valence-corrected chi connectivity index (χ0v) is 8.84. The second-order valence-corrected chi connectivity index (χ2v) is 3.63. The van der Waals surface area contributed by atoms with E-state index in [0.29, 0.717) is 0 Å². The number of hydrogen-bond donors (Lipinski definition) is 0. The maximum Gasteiger partial charge on any atom is 0.157 e. The first-order valence-corrected chi connectivity index (χ1v) is 4.65. The largest absolute Gasteiger partial charge is 0.250 e. The highest BCUT2D eigenvalue weighted by molar-refractivity contribution is 5.85. The van der Waals surface area contributed by atoms with Gasteiger partial charge in [0, 0.05) is 18.1 Å². The van der Waals surface area contributed by atoms with Gasteiger partial charge in [-0.1, -0.05) is 0 Å². The lowest BCUT2D eigenvalue weighted by atomic mass is 10.2. The Hall–Kier alpha value is -1.09. The molecule has 2 aromatic rings. The van der Waals surface area contributed by atoms with Crippen molar-refractivity contribution in [2.24, 2.45) is 7.05 Å². The maximum absolute atomic E-state index is 4.62. The Morgan fingerprint density at radius 1 is 1.36 bits per heavy atom. The standard InChI is InChI=1S/C10H11N3.ClH/c1-13-10-8(6-11-13)5-7-3-2-4-9(7)12-10;/h5-6H,2-4H2,1H3;1H. The van der Waals surface area contributed by atoms with Crippen LogP contribution < -0.4 is 0 Å². The molecule has 0 atom stereocenters. The number of fused-ring (bicyclic) bond motifs is 2. The fourth-order valence-electron chi connectivity index (χ4n) is 2.04. The van der Waals surface area contributed by atoms with Gasteiger partial charge in [0.15, 0.2) is 5.65 Å². The Labute approximate surface area is 88.5 Å². The Kier molecular flexibility index (Phi) is 2.19. The minimum atomic E-state index is 0. The average molecular weight is 210 g/mol. The van der Waals surface area contributed by atoms with Crippen molar-refractivity contribution in [3.8, 4) is 0 Å². The predicted octanol–water partition coefficient (Wildman–Crippen LogP) is 1.88. The van der Waals surface area contributed by atoms with Crippen molar-refractivity contribution >= 4 is 23.4 Å². The van der Waals surface area contributed by atoms with E-state index in [1.54, 1.807) is 0 Å². The third kappa shape index (κ3) is 1.20. The minimum Gasteiger partial charge on any atom is -0.250 e. The second-order valence-electron chi connectivity index (χ2n) is 3.63. The molecule has 1 aliphatic carbocycles. The van der Waals surface area contributed by atoms with E-state index in [-0.39, 0.29) is 12.4 Å². The number of hydrogen-bond acceptors (Lipinski definition) is 2. The molecule has 74 valence electrons. The molecule has 0 radical (unpaired) electrons. The van der Waals surface area contributed by atoms with Crippen LogP contribution in [-0.4, -0.2) is 14.8 Å². The highest BCUT2D eigenvalue weighted by Crippen LogP contribution is 2.23. The molecule has 0 amide bonds. The van der Waals surface area contributed by atoms with Gasteiger partial charge in [-0.3, -0.25) is 4.68 Å². The molecular formula is C10H12ClN3. The molecule has 2 aromatic heterocycles. The lowest BCUT2D eigenvalue weighted by Gasteiger charge is -1.98. The van der Waals surface area contributed by atoms with Gasteiger partial charge in [-0.05, 0) is 30.9 Å². The summed E-state index contributed by atoms with van der Waals surface area (Å²) in [5, 5.41) is 5.36. The summed E-state index contributed by atoms with van der Waals surface area (Å²) < 4.78 is 1.84. The number of aryl methyl sites for hydroxylation is 3. The molecule has 0 aromatic carbocycles. The SMILES string of the molecule is Cl.Cn1ncc2cc3c(nc21)CCC3. The van der Waals surface area contributed by atoms with Gasteiger partial charge in [0.05, 0.1) is 6.20 Å². The van der Waals surface area contributed by atoms with Crippen molar-refractivity contribution < 1.29 is 0 Å². The monoisotopic (exact) mass is 209 g/mol. The van der Waals surface area contributed by atoms with E-state index in [9.17, 15) is 0 Å². The molecule has 4 heteroatoms. The van der Waals surface area contributed by atoms with Gasteiger partial charge < -0.3 is 0 Å². The van der Waals surface area contributed by atoms with E-state index in [2.05, 4.69) is 16.1 Å². The van der Waals surface area contributed by atoms with Gasteiger partial charge in [-0.15, -0.1) is 12.4 Å². The van der Waals surface area contributed by atoms with Crippen LogP contribution in [0.25, 0.3) is 11.0 Å². The average Bonchev–Trinajstić information content (AvgIpc) is 2.70. The summed E-state index contributed by atoms with van der Waals surface area (Å²) in [5.74, 6) is 0. The molecule has 14 heavy (non-hydrogen) atoms. The van der Waals surface area contributed by atoms with Crippen molar-refractivity contribution in [3.63, 3.8) is 0 Å². The molecule has 1 aliphatic rings. The van der Waals surface area contributed by atoms with E-state index in [4.69, 9.17) is 0 Å². The van der Waals surface area contributed by atoms with Crippen LogP contribution in [0, 0.1) is 0 Å². The van der Waals surface area contributed by atoms with Gasteiger partial charge in [0.25, 0.3) is 0 Å². The summed E-state index contributed by atoms with van der Waals surface area (Å²) in [6.07, 6.45) is 5.47. The molecule has 0 saturated carbocycles. The highest BCUT2D eigenvalue weighted by Gasteiger charge is 2.14. The molecule has 3 rings (SSSR count). The normalized spacial score (nSPS) is 14.1. The molecule has 2 heterocycles. The summed E-state index contributed by atoms with van der Waals surface area (Å²) in [5.41, 5.74) is 3.71. The van der Waals surface area contributed by atoms with Crippen molar-refractivity contribution in [1.82, 2.24) is 14.8 Å². The number of nitrogens with zero attached hydrogens (tertiary/aromatic N) is 3. The molecule has 0 fully saturated rings. The lowest BCUT2D eigenvalue weighted by molar-refractivity contribution is 0.782. The van der Waals surface area contributed by atoms with Crippen molar-refractivity contribution in [3.05, 3.63) is 23.5 Å². The predicted molar refractivity (Wildman–Crippen MR) is 57.8 cm³/mol. The maximum atomic E-state index is 4.62. The summed E-state index contributed by atoms with van der Waals surface area (Å²) in [6.45, 7) is 0. The van der Waals surface area contributed by atoms with Crippen LogP contribution >= 0.6 is 12.4 Å². The van der Waals surface area contributed by atoms with Crippen molar-refractivity contribution in [2.45, 2.75) is 19.3 Å². The smallest absolute Gasteiger partial charge is 0.157 e. The molecule has 0 saturated heterocycles. The Balaban J connectivity index is 0.000000750. The highest BCUT2D eigenvalue weighted by atomic mass is 35.5. The van der Waals surface area contributed by atoms with Crippen LogP contribution in [0.5, 0.6) is 0 Å². The topological polar surface area (TPSA) is 30.7 Å². The summed E-state index contributed by atoms with van der Waals surface area (Å²) in [4.78, 5) is 4.62. The van der Waals surface area contributed by atoms with Gasteiger partial charge in [0.2, 0.25) is 0 Å². The zero-order valence-electron chi connectivity index (χ0n) is 8.03. The van der Waals surface area contributed by atoms with Gasteiger partial charge in [0.1, 0.15) is 0 Å². The molecule has 0 bridgehead atoms. The molecule has 0 unspecified atom stereocenters. The van der Waals surface area contributed by atoms with Gasteiger partial charge in [-0.25, -0.2) is 4.98 Å². The van der Waals surface area contributed by atoms with Crippen LogP contribution in [0.15, 0.2) is 12.3 Å². The van der Waals surface area contributed by atoms with Crippen LogP contribution in [0.3, 0.4) is 0 Å². The summed E-state index contributed by atoms with van der Waals surface area (Å²) >= 11 is 0. The quantitative estimate of drug-likeness (QED) is 0.664. The number of aromatic nitrogens is 3. The number of halogens is 1. The fourth-order valence-corrected chi connectivity index (χ4v) is 2.04. The van der Waals surface area contributed by atoms with E-state index in [1.807, 2.05) is 17.9 Å². The van der Waals surface area contributed by atoms with Gasteiger partial charge in [-0.2, -0.15) is 5.10 Å². The first-order valence-electron chi connectivity index (χ1n) is 4.65. The van der Waals surface area contributed by atoms with E-state index >= 15 is 0 Å². The lowest BCUT2D eigenvalue weighted by Crippen LogP contribution is -1.94. The number of pyridine rings is 1. The van der Waals surface area contributed by atoms with E-state index in [0.717, 1.165) is 12.1 Å². The van der Waals surface area contributed by atoms with Crippen molar-refractivity contribution in [2.75, 3.05) is 0 Å². The summed E-state index contributed by atoms with van der Waals surface area (Å²) in [6, 6.07) is 2.23. The van der Waals surface area contributed by atoms with Crippen LogP contribution in [0.1, 0.15) is 17.7 Å². The third-order valence-corrected chi connectivity index (χ3v) is 2.74. The number of rotatable bonds is 0. The first-order chi connectivity index (χ1) is 6.34. The Morgan fingerprint density at radius 2 is 2.21 bits per heavy atom. The minimum absolute atomic E-state index is 0. The van der Waals surface area contributed by atoms with Crippen LogP contribution in [0.2, 0.25) is 0 Å². The van der Waals surface area contributed by atoms with Crippen LogP contribution in [0.4, 0.5) is 0 Å². The zero-order chi connectivity index (χ0) is 8.84. The van der Waals surface area contributed by atoms with Crippen molar-refractivity contribution in [1.29, 1.82) is 0 Å². The summed E-state index contributed by atoms with van der Waals surface area (Å²) in [7, 11) is 1.94. The third-order valence-electron chi connectivity index (χ3n) is 2.74. The Bertz CT molecular complexity index is 475.